The van der Waals surface area contributed by atoms with Crippen molar-refractivity contribution in [1.82, 2.24) is 0 Å². The maximum absolute atomic E-state index is 15.1. The monoisotopic (exact) mass is 589 g/mol. The molecule has 0 radical (unpaired) electrons. The van der Waals surface area contributed by atoms with Crippen molar-refractivity contribution >= 4 is 83.7 Å². The van der Waals surface area contributed by atoms with Crippen molar-refractivity contribution in [3.63, 3.8) is 0 Å². The number of alkyl halides is 2. The first kappa shape index (κ1) is 27.4. The van der Waals surface area contributed by atoms with Gasteiger partial charge in [0.15, 0.2) is 11.6 Å². The highest BCUT2D eigenvalue weighted by molar-refractivity contribution is 8.09. The van der Waals surface area contributed by atoms with Crippen LogP contribution in [0.5, 0.6) is 0 Å². The maximum atomic E-state index is 15.1. The predicted octanol–water partition coefficient (Wildman–Crippen LogP) is 3.73. The number of sulfonamides is 2. The summed E-state index contributed by atoms with van der Waals surface area (Å²) in [5.41, 5.74) is -2.26. The van der Waals surface area contributed by atoms with Gasteiger partial charge < -0.3 is 10.6 Å². The first-order valence-electron chi connectivity index (χ1n) is 9.41. The highest BCUT2D eigenvalue weighted by Gasteiger charge is 2.56. The molecule has 0 bridgehead atoms. The summed E-state index contributed by atoms with van der Waals surface area (Å²) in [6, 6.07) is 5.17. The molecule has 2 aromatic rings. The Balaban J connectivity index is 1.94. The molecule has 1 aliphatic carbocycles. The van der Waals surface area contributed by atoms with E-state index >= 15 is 4.39 Å². The lowest BCUT2D eigenvalue weighted by molar-refractivity contribution is -0.117. The second kappa shape index (κ2) is 9.36. The van der Waals surface area contributed by atoms with Crippen LogP contribution in [0.15, 0.2) is 30.3 Å². The highest BCUT2D eigenvalue weighted by atomic mass is 35.5. The van der Waals surface area contributed by atoms with E-state index in [1.807, 2.05) is 0 Å². The summed E-state index contributed by atoms with van der Waals surface area (Å²) in [5, 5.41) is 4.49. The molecule has 0 spiro atoms. The topological polar surface area (TPSA) is 130 Å². The van der Waals surface area contributed by atoms with Gasteiger partial charge in [-0.15, -0.1) is 23.2 Å². The van der Waals surface area contributed by atoms with E-state index in [0.717, 1.165) is 6.07 Å². The average molecular weight is 591 g/mol. The van der Waals surface area contributed by atoms with Crippen LogP contribution >= 0.6 is 34.8 Å². The number of hydrogen-bond donors (Lipinski definition) is 2. The zero-order chi connectivity index (χ0) is 26.5. The van der Waals surface area contributed by atoms with Crippen LogP contribution in [0.1, 0.15) is 16.8 Å². The zero-order valence-corrected chi connectivity index (χ0v) is 21.7. The van der Waals surface area contributed by atoms with Gasteiger partial charge in [0.1, 0.15) is 10.0 Å². The maximum Gasteiger partial charge on any atom is 0.257 e. The number of anilines is 3. The van der Waals surface area contributed by atoms with Crippen molar-refractivity contribution in [1.29, 1.82) is 0 Å². The van der Waals surface area contributed by atoms with Crippen LogP contribution in [0.3, 0.4) is 0 Å². The summed E-state index contributed by atoms with van der Waals surface area (Å²) in [4.78, 5) is 25.0. The van der Waals surface area contributed by atoms with Crippen molar-refractivity contribution in [2.24, 2.45) is 5.92 Å². The molecule has 0 aromatic heterocycles. The molecule has 1 aliphatic rings. The molecule has 1 fully saturated rings. The number of nitrogens with zero attached hydrogens (tertiary/aromatic N) is 1. The van der Waals surface area contributed by atoms with Gasteiger partial charge in [-0.1, -0.05) is 11.6 Å². The number of rotatable bonds is 7. The highest BCUT2D eigenvalue weighted by Crippen LogP contribution is 2.53. The molecule has 1 unspecified atom stereocenters. The molecule has 190 valence electrons. The Labute approximate surface area is 214 Å². The molecule has 0 heterocycles. The minimum Gasteiger partial charge on any atom is -0.326 e. The summed E-state index contributed by atoms with van der Waals surface area (Å²) in [6.45, 7) is 0. The van der Waals surface area contributed by atoms with E-state index < -0.39 is 68.8 Å². The number of carbonyl (C=O) groups excluding carboxylic acids is 2. The molecule has 2 aromatic carbocycles. The van der Waals surface area contributed by atoms with Crippen LogP contribution in [0, 0.1) is 17.6 Å². The first-order chi connectivity index (χ1) is 15.9. The molecule has 1 atom stereocenters. The summed E-state index contributed by atoms with van der Waals surface area (Å²) < 4.78 is 75.7. The quantitative estimate of drug-likeness (QED) is 0.473. The molecular formula is C19H16Cl3F2N3O6S2. The van der Waals surface area contributed by atoms with Crippen LogP contribution in [0.25, 0.3) is 0 Å². The van der Waals surface area contributed by atoms with Crippen LogP contribution in [0.2, 0.25) is 5.02 Å². The SMILES string of the molecule is CS(=O)(=O)N(c1c(F)ccc(NC(=O)c2cc(NC(=O)C3CC3(Cl)Cl)ccc2Cl)c1F)S(C)(=O)=O. The van der Waals surface area contributed by atoms with E-state index in [4.69, 9.17) is 34.8 Å². The lowest BCUT2D eigenvalue weighted by Crippen LogP contribution is -2.36. The third kappa shape index (κ3) is 5.97. The predicted molar refractivity (Wildman–Crippen MR) is 129 cm³/mol. The molecule has 1 saturated carbocycles. The third-order valence-corrected chi connectivity index (χ3v) is 9.08. The molecule has 2 amide bonds. The van der Waals surface area contributed by atoms with Gasteiger partial charge in [0, 0.05) is 5.69 Å². The fourth-order valence-electron chi connectivity index (χ4n) is 3.08. The van der Waals surface area contributed by atoms with Gasteiger partial charge in [0.05, 0.1) is 34.7 Å². The number of nitrogens with one attached hydrogen (secondary N) is 2. The molecule has 16 heteroatoms. The van der Waals surface area contributed by atoms with Crippen molar-refractivity contribution in [2.75, 3.05) is 26.9 Å². The van der Waals surface area contributed by atoms with E-state index in [9.17, 15) is 30.8 Å². The molecule has 9 nitrogen and oxygen atoms in total. The molecule has 35 heavy (non-hydrogen) atoms. The normalized spacial score (nSPS) is 16.9. The number of halogens is 5. The van der Waals surface area contributed by atoms with E-state index in [2.05, 4.69) is 10.6 Å². The Kier molecular flexibility index (Phi) is 7.32. The van der Waals surface area contributed by atoms with E-state index in [1.165, 1.54) is 18.2 Å². The summed E-state index contributed by atoms with van der Waals surface area (Å²) in [6.07, 6.45) is 1.13. The number of hydrogen-bond acceptors (Lipinski definition) is 6. The lowest BCUT2D eigenvalue weighted by Gasteiger charge is -2.22. The second-order valence-electron chi connectivity index (χ2n) is 7.64. The van der Waals surface area contributed by atoms with E-state index in [0.29, 0.717) is 18.6 Å². The standard InChI is InChI=1S/C19H16Cl3F2N3O6S2/c1-34(30,31)27(35(2,32)33)16-13(23)5-6-14(15(16)24)26-17(28)10-7-9(3-4-12(10)20)25-18(29)11-8-19(11,21)22/h3-7,11H,8H2,1-2H3,(H,25,29)(H,26,28). The fourth-order valence-corrected chi connectivity index (χ4v) is 6.75. The minimum absolute atomic E-state index is 0.104. The average Bonchev–Trinajstić information content (AvgIpc) is 3.35. The summed E-state index contributed by atoms with van der Waals surface area (Å²) >= 11 is 17.8. The van der Waals surface area contributed by atoms with Crippen LogP contribution in [-0.4, -0.2) is 45.5 Å². The van der Waals surface area contributed by atoms with Gasteiger partial charge in [0.25, 0.3) is 5.91 Å². The Morgan fingerprint density at radius 3 is 2.11 bits per heavy atom. The van der Waals surface area contributed by atoms with Crippen molar-refractivity contribution < 1.29 is 35.2 Å². The smallest absolute Gasteiger partial charge is 0.257 e. The largest absolute Gasteiger partial charge is 0.326 e. The Morgan fingerprint density at radius 2 is 1.60 bits per heavy atom. The zero-order valence-electron chi connectivity index (χ0n) is 17.8. The van der Waals surface area contributed by atoms with E-state index in [-0.39, 0.29) is 22.7 Å². The summed E-state index contributed by atoms with van der Waals surface area (Å²) in [7, 11) is -9.36. The molecule has 0 saturated heterocycles. The number of amides is 2. The van der Waals surface area contributed by atoms with Crippen molar-refractivity contribution in [3.05, 3.63) is 52.6 Å². The van der Waals surface area contributed by atoms with Gasteiger partial charge in [-0.05, 0) is 36.8 Å². The van der Waals surface area contributed by atoms with Gasteiger partial charge in [0.2, 0.25) is 26.0 Å². The van der Waals surface area contributed by atoms with Crippen LogP contribution < -0.4 is 14.3 Å². The van der Waals surface area contributed by atoms with Crippen LogP contribution in [0.4, 0.5) is 25.8 Å². The van der Waals surface area contributed by atoms with E-state index in [1.54, 1.807) is 0 Å². The van der Waals surface area contributed by atoms with Crippen molar-refractivity contribution in [3.8, 4) is 0 Å². The van der Waals surface area contributed by atoms with Gasteiger partial charge in [-0.2, -0.15) is 3.71 Å². The fraction of sp³-hybridized carbons (Fsp3) is 0.263. The second-order valence-corrected chi connectivity index (χ2v) is 13.5. The minimum atomic E-state index is -4.68. The first-order valence-corrected chi connectivity index (χ1v) is 14.2. The lowest BCUT2D eigenvalue weighted by atomic mass is 10.1. The Bertz CT molecular complexity index is 1420. The van der Waals surface area contributed by atoms with Gasteiger partial charge >= 0.3 is 0 Å². The van der Waals surface area contributed by atoms with Crippen LogP contribution in [-0.2, 0) is 24.8 Å². The van der Waals surface area contributed by atoms with Gasteiger partial charge in [-0.3, -0.25) is 9.59 Å². The number of carbonyl (C=O) groups is 2. The summed E-state index contributed by atoms with van der Waals surface area (Å²) in [5.74, 6) is -5.35. The third-order valence-electron chi connectivity index (χ3n) is 4.72. The number of benzene rings is 2. The Hall–Kier alpha value is -2.19. The van der Waals surface area contributed by atoms with Crippen molar-refractivity contribution in [2.45, 2.75) is 10.8 Å². The Morgan fingerprint density at radius 1 is 1.03 bits per heavy atom. The molecule has 2 N–H and O–H groups in total. The molecule has 0 aliphatic heterocycles. The van der Waals surface area contributed by atoms with Gasteiger partial charge in [-0.25, -0.2) is 25.6 Å². The molecular weight excluding hydrogens is 575 g/mol. The molecule has 3 rings (SSSR count).